The second kappa shape index (κ2) is 5.56. The minimum absolute atomic E-state index is 0.00986. The van der Waals surface area contributed by atoms with Crippen molar-refractivity contribution in [1.82, 2.24) is 9.88 Å². The second-order valence-electron chi connectivity index (χ2n) is 4.96. The van der Waals surface area contributed by atoms with Gasteiger partial charge in [-0.1, -0.05) is 0 Å². The minimum atomic E-state index is 0.00986. The largest absolute Gasteiger partial charge is 0.375 e. The third-order valence-electron chi connectivity index (χ3n) is 3.60. The molecule has 3 rings (SSSR count). The van der Waals surface area contributed by atoms with Crippen molar-refractivity contribution in [3.63, 3.8) is 0 Å². The number of hydrogen-bond acceptors (Lipinski definition) is 5. The highest BCUT2D eigenvalue weighted by molar-refractivity contribution is 7.09. The van der Waals surface area contributed by atoms with Crippen LogP contribution in [0.4, 0.5) is 0 Å². The topological polar surface area (TPSA) is 51.7 Å². The Bertz CT molecular complexity index is 456. The fourth-order valence-electron chi connectivity index (χ4n) is 2.60. The first kappa shape index (κ1) is 13.0. The normalized spacial score (nSPS) is 27.7. The van der Waals surface area contributed by atoms with Gasteiger partial charge in [-0.15, -0.1) is 11.3 Å². The van der Waals surface area contributed by atoms with Crippen LogP contribution < -0.4 is 0 Å². The van der Waals surface area contributed by atoms with Crippen molar-refractivity contribution in [3.8, 4) is 0 Å². The van der Waals surface area contributed by atoms with Crippen LogP contribution in [0.1, 0.15) is 28.3 Å². The molecule has 1 amide bonds. The third kappa shape index (κ3) is 2.80. The molecule has 0 unspecified atom stereocenters. The van der Waals surface area contributed by atoms with Gasteiger partial charge >= 0.3 is 0 Å². The number of hydrogen-bond donors (Lipinski definition) is 0. The average molecular weight is 282 g/mol. The Kier molecular flexibility index (Phi) is 3.81. The molecule has 2 aliphatic heterocycles. The summed E-state index contributed by atoms with van der Waals surface area (Å²) in [6.45, 7) is 4.55. The summed E-state index contributed by atoms with van der Waals surface area (Å²) in [7, 11) is 0. The number of rotatable bonds is 2. The maximum Gasteiger partial charge on any atom is 0.273 e. The van der Waals surface area contributed by atoms with E-state index in [0.717, 1.165) is 24.5 Å². The van der Waals surface area contributed by atoms with Crippen LogP contribution in [0.2, 0.25) is 0 Å². The lowest BCUT2D eigenvalue weighted by molar-refractivity contribution is -0.0868. The van der Waals surface area contributed by atoms with Gasteiger partial charge < -0.3 is 14.4 Å². The van der Waals surface area contributed by atoms with Crippen LogP contribution >= 0.6 is 11.3 Å². The number of nitrogens with zero attached hydrogens (tertiary/aromatic N) is 2. The molecule has 19 heavy (non-hydrogen) atoms. The molecule has 0 aromatic carbocycles. The number of ether oxygens (including phenoxy) is 2. The van der Waals surface area contributed by atoms with Gasteiger partial charge in [-0.05, 0) is 19.8 Å². The van der Waals surface area contributed by atoms with Gasteiger partial charge in [0.2, 0.25) is 0 Å². The van der Waals surface area contributed by atoms with E-state index in [4.69, 9.17) is 9.47 Å². The monoisotopic (exact) mass is 282 g/mol. The van der Waals surface area contributed by atoms with Crippen LogP contribution in [0, 0.1) is 6.92 Å². The maximum absolute atomic E-state index is 12.3. The predicted molar refractivity (Wildman–Crippen MR) is 71.5 cm³/mol. The molecule has 2 saturated heterocycles. The number of thiazole rings is 1. The van der Waals surface area contributed by atoms with Gasteiger partial charge in [0.1, 0.15) is 11.8 Å². The van der Waals surface area contributed by atoms with Gasteiger partial charge in [0.25, 0.3) is 5.91 Å². The first-order valence-corrected chi connectivity index (χ1v) is 7.56. The van der Waals surface area contributed by atoms with Crippen molar-refractivity contribution < 1.29 is 14.3 Å². The lowest BCUT2D eigenvalue weighted by atomic mass is 10.1. The first-order chi connectivity index (χ1) is 9.24. The Balaban J connectivity index is 1.65. The molecular weight excluding hydrogens is 264 g/mol. The van der Waals surface area contributed by atoms with Crippen molar-refractivity contribution in [1.29, 1.82) is 0 Å². The molecule has 0 saturated carbocycles. The molecule has 0 radical (unpaired) electrons. The molecule has 0 spiro atoms. The summed E-state index contributed by atoms with van der Waals surface area (Å²) in [5.74, 6) is 0.00986. The zero-order valence-electron chi connectivity index (χ0n) is 11.0. The molecule has 0 N–H and O–H groups in total. The summed E-state index contributed by atoms with van der Waals surface area (Å²) in [5, 5.41) is 2.75. The first-order valence-electron chi connectivity index (χ1n) is 6.68. The van der Waals surface area contributed by atoms with E-state index < -0.39 is 0 Å². The average Bonchev–Trinajstić information content (AvgIpc) is 3.09. The van der Waals surface area contributed by atoms with Gasteiger partial charge in [-0.3, -0.25) is 4.79 Å². The molecule has 0 aliphatic carbocycles. The van der Waals surface area contributed by atoms with Gasteiger partial charge in [-0.25, -0.2) is 4.98 Å². The highest BCUT2D eigenvalue weighted by Crippen LogP contribution is 2.22. The van der Waals surface area contributed by atoms with E-state index in [9.17, 15) is 4.79 Å². The quantitative estimate of drug-likeness (QED) is 0.824. The molecule has 5 nitrogen and oxygen atoms in total. The van der Waals surface area contributed by atoms with Crippen LogP contribution in [-0.2, 0) is 9.47 Å². The molecule has 2 atom stereocenters. The van der Waals surface area contributed by atoms with Crippen LogP contribution in [0.25, 0.3) is 0 Å². The summed E-state index contributed by atoms with van der Waals surface area (Å²) < 4.78 is 11.4. The molecule has 1 aromatic rings. The number of amides is 1. The van der Waals surface area contributed by atoms with Crippen LogP contribution in [0.3, 0.4) is 0 Å². The zero-order valence-corrected chi connectivity index (χ0v) is 11.8. The van der Waals surface area contributed by atoms with Crippen LogP contribution in [0.5, 0.6) is 0 Å². The molecule has 2 fully saturated rings. The van der Waals surface area contributed by atoms with Crippen molar-refractivity contribution in [3.05, 3.63) is 16.1 Å². The Morgan fingerprint density at radius 2 is 2.26 bits per heavy atom. The molecule has 0 bridgehead atoms. The van der Waals surface area contributed by atoms with Crippen molar-refractivity contribution in [2.45, 2.75) is 32.0 Å². The van der Waals surface area contributed by atoms with Gasteiger partial charge in [0.05, 0.1) is 17.7 Å². The third-order valence-corrected chi connectivity index (χ3v) is 4.37. The number of morpholine rings is 1. The Labute approximate surface area is 116 Å². The van der Waals surface area contributed by atoms with E-state index in [1.54, 1.807) is 0 Å². The Hall–Kier alpha value is -0.980. The van der Waals surface area contributed by atoms with Gasteiger partial charge in [-0.2, -0.15) is 0 Å². The summed E-state index contributed by atoms with van der Waals surface area (Å²) >= 11 is 1.51. The van der Waals surface area contributed by atoms with E-state index in [1.807, 2.05) is 17.2 Å². The SMILES string of the molecule is Cc1nc(C(=O)N2CCO[C@@H]([C@H]3CCCO3)C2)cs1. The summed E-state index contributed by atoms with van der Waals surface area (Å²) in [6.07, 6.45) is 2.28. The van der Waals surface area contributed by atoms with Crippen molar-refractivity contribution in [2.24, 2.45) is 0 Å². The standard InChI is InChI=1S/C13H18N2O3S/c1-9-14-10(8-19-9)13(16)15-4-6-18-12(7-15)11-3-2-5-17-11/h8,11-12H,2-7H2,1H3/t11-,12-/m1/s1. The zero-order chi connectivity index (χ0) is 13.2. The predicted octanol–water partition coefficient (Wildman–Crippen LogP) is 1.47. The molecule has 104 valence electrons. The van der Waals surface area contributed by atoms with E-state index >= 15 is 0 Å². The number of carbonyl (C=O) groups is 1. The minimum Gasteiger partial charge on any atom is -0.375 e. The number of aromatic nitrogens is 1. The van der Waals surface area contributed by atoms with E-state index in [2.05, 4.69) is 4.98 Å². The molecule has 6 heteroatoms. The fraction of sp³-hybridized carbons (Fsp3) is 0.692. The Morgan fingerprint density at radius 3 is 2.95 bits per heavy atom. The molecule has 1 aromatic heterocycles. The van der Waals surface area contributed by atoms with Crippen LogP contribution in [0.15, 0.2) is 5.38 Å². The van der Waals surface area contributed by atoms with E-state index in [0.29, 0.717) is 25.4 Å². The molecular formula is C13H18N2O3S. The van der Waals surface area contributed by atoms with E-state index in [1.165, 1.54) is 11.3 Å². The number of aryl methyl sites for hydroxylation is 1. The molecule has 2 aliphatic rings. The van der Waals surface area contributed by atoms with Crippen molar-refractivity contribution >= 4 is 17.2 Å². The number of carbonyl (C=O) groups excluding carboxylic acids is 1. The Morgan fingerprint density at radius 1 is 1.42 bits per heavy atom. The lowest BCUT2D eigenvalue weighted by Crippen LogP contribution is -2.49. The summed E-state index contributed by atoms with van der Waals surface area (Å²) in [6, 6.07) is 0. The highest BCUT2D eigenvalue weighted by Gasteiger charge is 2.33. The highest BCUT2D eigenvalue weighted by atomic mass is 32.1. The van der Waals surface area contributed by atoms with E-state index in [-0.39, 0.29) is 18.1 Å². The van der Waals surface area contributed by atoms with Gasteiger partial charge in [0, 0.05) is 25.1 Å². The second-order valence-corrected chi connectivity index (χ2v) is 6.03. The summed E-state index contributed by atoms with van der Waals surface area (Å²) in [4.78, 5) is 18.4. The summed E-state index contributed by atoms with van der Waals surface area (Å²) in [5.41, 5.74) is 0.551. The van der Waals surface area contributed by atoms with Crippen LogP contribution in [-0.4, -0.2) is 54.3 Å². The van der Waals surface area contributed by atoms with Gasteiger partial charge in [0.15, 0.2) is 0 Å². The smallest absolute Gasteiger partial charge is 0.273 e. The lowest BCUT2D eigenvalue weighted by Gasteiger charge is -2.35. The maximum atomic E-state index is 12.3. The fourth-order valence-corrected chi connectivity index (χ4v) is 3.19. The van der Waals surface area contributed by atoms with Crippen molar-refractivity contribution in [2.75, 3.05) is 26.3 Å². The molecule has 3 heterocycles.